The Kier molecular flexibility index (Phi) is 8.15. The third-order valence-corrected chi connectivity index (χ3v) is 7.60. The van der Waals surface area contributed by atoms with Crippen molar-refractivity contribution in [3.8, 4) is 0 Å². The number of hydrogen-bond acceptors (Lipinski definition) is 4. The van der Waals surface area contributed by atoms with Gasteiger partial charge in [-0.25, -0.2) is 13.7 Å². The lowest BCUT2D eigenvalue weighted by Gasteiger charge is -2.31. The van der Waals surface area contributed by atoms with Crippen molar-refractivity contribution < 1.29 is 18.5 Å². The average molecular weight is 494 g/mol. The molecule has 7 nitrogen and oxygen atoms in total. The van der Waals surface area contributed by atoms with E-state index in [0.717, 1.165) is 21.9 Å². The smallest absolute Gasteiger partial charge is 0.409 e. The van der Waals surface area contributed by atoms with Gasteiger partial charge in [-0.3, -0.25) is 4.79 Å². The normalized spacial score (nSPS) is 15.1. The van der Waals surface area contributed by atoms with Crippen LogP contribution < -0.4 is 10.0 Å². The van der Waals surface area contributed by atoms with Gasteiger partial charge in [0.1, 0.15) is 11.0 Å². The number of amides is 2. The highest BCUT2D eigenvalue weighted by atomic mass is 32.2. The number of ether oxygens (including phenoxy) is 1. The van der Waals surface area contributed by atoms with E-state index < -0.39 is 11.0 Å². The lowest BCUT2D eigenvalue weighted by atomic mass is 10.0. The van der Waals surface area contributed by atoms with Crippen LogP contribution >= 0.6 is 0 Å². The number of nitrogens with one attached hydrogen (secondary N) is 2. The van der Waals surface area contributed by atoms with Gasteiger partial charge in [-0.05, 0) is 60.7 Å². The van der Waals surface area contributed by atoms with E-state index in [1.165, 1.54) is 0 Å². The van der Waals surface area contributed by atoms with Gasteiger partial charge < -0.3 is 15.0 Å². The molecule has 1 unspecified atom stereocenters. The topological polar surface area (TPSA) is 87.7 Å². The van der Waals surface area contributed by atoms with Crippen molar-refractivity contribution in [2.24, 2.45) is 0 Å². The summed E-state index contributed by atoms with van der Waals surface area (Å²) in [6, 6.07) is 19.2. The standard InChI is InChI=1S/C27H31N3O4S/c1-3-34-27(32)30-16-14-21(15-17-30)29-35(33)25-13-12-20(23-10-6-7-11-24(23)25)18-28-26(31)22-9-5-4-8-19(22)2/h4-13,21,29H,3,14-18H2,1-2H3,(H,28,31). The second-order valence-corrected chi connectivity index (χ2v) is 9.83. The number of carbonyl (C=O) groups excluding carboxylic acids is 2. The van der Waals surface area contributed by atoms with Crippen LogP contribution in [0.4, 0.5) is 4.79 Å². The van der Waals surface area contributed by atoms with Gasteiger partial charge in [0.15, 0.2) is 0 Å². The van der Waals surface area contributed by atoms with Crippen LogP contribution in [0.25, 0.3) is 10.8 Å². The highest BCUT2D eigenvalue weighted by Gasteiger charge is 2.25. The van der Waals surface area contributed by atoms with E-state index in [4.69, 9.17) is 4.74 Å². The van der Waals surface area contributed by atoms with E-state index in [-0.39, 0.29) is 18.0 Å². The maximum Gasteiger partial charge on any atom is 0.409 e. The number of aryl methyl sites for hydroxylation is 1. The molecule has 0 bridgehead atoms. The number of fused-ring (bicyclic) bond motifs is 1. The molecule has 2 amide bonds. The maximum absolute atomic E-state index is 13.3. The highest BCUT2D eigenvalue weighted by Crippen LogP contribution is 2.26. The van der Waals surface area contributed by atoms with Gasteiger partial charge in [0.2, 0.25) is 0 Å². The molecule has 3 aromatic carbocycles. The maximum atomic E-state index is 13.3. The van der Waals surface area contributed by atoms with Crippen LogP contribution in [-0.2, 0) is 22.3 Å². The van der Waals surface area contributed by atoms with Crippen molar-refractivity contribution in [3.05, 3.63) is 77.4 Å². The summed E-state index contributed by atoms with van der Waals surface area (Å²) in [6.45, 7) is 5.60. The SMILES string of the molecule is CCOC(=O)N1CCC(NS(=O)c2ccc(CNC(=O)c3ccccc3C)c3ccccc23)CC1. The number of carbonyl (C=O) groups is 2. The predicted octanol–water partition coefficient (Wildman–Crippen LogP) is 4.31. The van der Waals surface area contributed by atoms with Crippen LogP contribution in [0.2, 0.25) is 0 Å². The molecule has 1 atom stereocenters. The van der Waals surface area contributed by atoms with Gasteiger partial charge in [0.05, 0.1) is 11.5 Å². The van der Waals surface area contributed by atoms with E-state index in [0.29, 0.717) is 49.5 Å². The van der Waals surface area contributed by atoms with Crippen molar-refractivity contribution >= 4 is 33.8 Å². The molecule has 0 saturated carbocycles. The van der Waals surface area contributed by atoms with Gasteiger partial charge in [0, 0.05) is 31.2 Å². The first-order valence-electron chi connectivity index (χ1n) is 11.9. The largest absolute Gasteiger partial charge is 0.450 e. The molecule has 2 N–H and O–H groups in total. The molecule has 0 spiro atoms. The number of piperidine rings is 1. The van der Waals surface area contributed by atoms with Crippen LogP contribution in [-0.4, -0.2) is 46.8 Å². The Labute approximate surface area is 208 Å². The van der Waals surface area contributed by atoms with Crippen LogP contribution in [0, 0.1) is 6.92 Å². The highest BCUT2D eigenvalue weighted by molar-refractivity contribution is 7.83. The second-order valence-electron chi connectivity index (χ2n) is 8.61. The first kappa shape index (κ1) is 24.9. The van der Waals surface area contributed by atoms with Gasteiger partial charge in [-0.15, -0.1) is 0 Å². The summed E-state index contributed by atoms with van der Waals surface area (Å²) in [5.41, 5.74) is 2.55. The lowest BCUT2D eigenvalue weighted by molar-refractivity contribution is 0.0947. The van der Waals surface area contributed by atoms with Crippen molar-refractivity contribution in [1.82, 2.24) is 14.9 Å². The molecule has 1 aliphatic rings. The summed E-state index contributed by atoms with van der Waals surface area (Å²) in [6.07, 6.45) is 1.14. The van der Waals surface area contributed by atoms with Crippen molar-refractivity contribution in [2.45, 2.75) is 44.2 Å². The van der Waals surface area contributed by atoms with Gasteiger partial charge >= 0.3 is 6.09 Å². The number of benzene rings is 3. The van der Waals surface area contributed by atoms with Crippen molar-refractivity contribution in [1.29, 1.82) is 0 Å². The number of hydrogen-bond donors (Lipinski definition) is 2. The lowest BCUT2D eigenvalue weighted by Crippen LogP contribution is -2.45. The number of rotatable bonds is 7. The molecule has 3 aromatic rings. The monoisotopic (exact) mass is 493 g/mol. The zero-order chi connectivity index (χ0) is 24.8. The minimum absolute atomic E-state index is 0.0494. The Balaban J connectivity index is 1.44. The molecule has 184 valence electrons. The second kappa shape index (κ2) is 11.5. The molecular weight excluding hydrogens is 462 g/mol. The summed E-state index contributed by atoms with van der Waals surface area (Å²) >= 11 is 0. The molecule has 1 fully saturated rings. The Morgan fingerprint density at radius 1 is 1.00 bits per heavy atom. The summed E-state index contributed by atoms with van der Waals surface area (Å²) < 4.78 is 21.6. The summed E-state index contributed by atoms with van der Waals surface area (Å²) in [7, 11) is -1.41. The van der Waals surface area contributed by atoms with Crippen molar-refractivity contribution in [3.63, 3.8) is 0 Å². The number of likely N-dealkylation sites (tertiary alicyclic amines) is 1. The minimum atomic E-state index is -1.41. The van der Waals surface area contributed by atoms with Crippen LogP contribution in [0.5, 0.6) is 0 Å². The van der Waals surface area contributed by atoms with Gasteiger partial charge in [-0.2, -0.15) is 0 Å². The van der Waals surface area contributed by atoms with Crippen LogP contribution in [0.3, 0.4) is 0 Å². The Morgan fingerprint density at radius 2 is 1.69 bits per heavy atom. The van der Waals surface area contributed by atoms with Crippen LogP contribution in [0.1, 0.15) is 41.3 Å². The molecule has 0 radical (unpaired) electrons. The molecule has 4 rings (SSSR count). The van der Waals surface area contributed by atoms with Gasteiger partial charge in [0.25, 0.3) is 5.91 Å². The Morgan fingerprint density at radius 3 is 2.40 bits per heavy atom. The molecule has 35 heavy (non-hydrogen) atoms. The fraction of sp³-hybridized carbons (Fsp3) is 0.333. The average Bonchev–Trinajstić information content (AvgIpc) is 2.87. The minimum Gasteiger partial charge on any atom is -0.450 e. The van der Waals surface area contributed by atoms with Crippen molar-refractivity contribution in [2.75, 3.05) is 19.7 Å². The summed E-state index contributed by atoms with van der Waals surface area (Å²) in [5.74, 6) is -0.115. The zero-order valence-corrected chi connectivity index (χ0v) is 20.9. The van der Waals surface area contributed by atoms with E-state index >= 15 is 0 Å². The quantitative estimate of drug-likeness (QED) is 0.513. The number of nitrogens with zero attached hydrogens (tertiary/aromatic N) is 1. The zero-order valence-electron chi connectivity index (χ0n) is 20.1. The predicted molar refractivity (Wildman–Crippen MR) is 137 cm³/mol. The third-order valence-electron chi connectivity index (χ3n) is 6.30. The Hall–Kier alpha value is -3.23. The molecule has 0 aliphatic carbocycles. The Bertz CT molecular complexity index is 1240. The van der Waals surface area contributed by atoms with E-state index in [1.54, 1.807) is 11.8 Å². The first-order chi connectivity index (χ1) is 17.0. The fourth-order valence-electron chi connectivity index (χ4n) is 4.36. The van der Waals surface area contributed by atoms with E-state index in [9.17, 15) is 13.8 Å². The summed E-state index contributed by atoms with van der Waals surface area (Å²) in [4.78, 5) is 27.0. The molecule has 8 heteroatoms. The van der Waals surface area contributed by atoms with E-state index in [1.807, 2.05) is 67.6 Å². The van der Waals surface area contributed by atoms with Gasteiger partial charge in [-0.1, -0.05) is 48.5 Å². The molecule has 0 aromatic heterocycles. The molecule has 1 saturated heterocycles. The third kappa shape index (κ3) is 5.89. The first-order valence-corrected chi connectivity index (χ1v) is 13.1. The molecule has 1 aliphatic heterocycles. The fourth-order valence-corrected chi connectivity index (χ4v) is 5.59. The molecule has 1 heterocycles. The van der Waals surface area contributed by atoms with Crippen LogP contribution in [0.15, 0.2) is 65.6 Å². The van der Waals surface area contributed by atoms with E-state index in [2.05, 4.69) is 10.0 Å². The summed E-state index contributed by atoms with van der Waals surface area (Å²) in [5, 5.41) is 4.87. The molecular formula is C27H31N3O4S.